The second-order valence-electron chi connectivity index (χ2n) is 8.41. The SMILES string of the molecule is CCCCCCCCCCC(C(=O)O)(C(CCCCCCCC)C(N)=O)S(=O)(=O)O. The molecule has 4 N–H and O–H groups in total. The van der Waals surface area contributed by atoms with Gasteiger partial charge in [-0.15, -0.1) is 0 Å². The largest absolute Gasteiger partial charge is 0.480 e. The minimum Gasteiger partial charge on any atom is -0.480 e. The summed E-state index contributed by atoms with van der Waals surface area (Å²) >= 11 is 0. The number of amides is 1. The van der Waals surface area contributed by atoms with E-state index in [2.05, 4.69) is 13.8 Å². The number of primary amides is 1. The van der Waals surface area contributed by atoms with E-state index in [1.807, 2.05) is 0 Å². The van der Waals surface area contributed by atoms with E-state index in [1.165, 1.54) is 6.42 Å². The predicted octanol–water partition coefficient (Wildman–Crippen LogP) is 5.08. The number of aliphatic carboxylic acids is 1. The first kappa shape index (κ1) is 28.9. The number of carbonyl (C=O) groups is 2. The second kappa shape index (κ2) is 15.6. The highest BCUT2D eigenvalue weighted by Gasteiger charge is 2.57. The Bertz CT molecular complexity index is 592. The van der Waals surface area contributed by atoms with Gasteiger partial charge < -0.3 is 10.8 Å². The van der Waals surface area contributed by atoms with E-state index in [-0.39, 0.29) is 12.8 Å². The molecule has 0 fully saturated rings. The molecule has 0 saturated carbocycles. The van der Waals surface area contributed by atoms with Gasteiger partial charge >= 0.3 is 5.97 Å². The molecular weight excluding hydrogens is 406 g/mol. The highest BCUT2D eigenvalue weighted by atomic mass is 32.2. The number of unbranched alkanes of at least 4 members (excludes halogenated alkanes) is 12. The Balaban J connectivity index is 5.08. The van der Waals surface area contributed by atoms with Gasteiger partial charge in [-0.05, 0) is 12.8 Å². The van der Waals surface area contributed by atoms with Crippen LogP contribution in [0, 0.1) is 5.92 Å². The van der Waals surface area contributed by atoms with Crippen LogP contribution in [0.1, 0.15) is 117 Å². The Morgan fingerprint density at radius 3 is 1.57 bits per heavy atom. The molecule has 0 radical (unpaired) electrons. The molecule has 0 aliphatic rings. The monoisotopic (exact) mass is 449 g/mol. The molecule has 0 aromatic carbocycles. The molecule has 0 aliphatic carbocycles. The smallest absolute Gasteiger partial charge is 0.328 e. The molecule has 0 saturated heterocycles. The maximum atomic E-state index is 12.2. The molecule has 0 aromatic heterocycles. The fraction of sp³-hybridized carbons (Fsp3) is 0.909. The molecule has 7 nitrogen and oxygen atoms in total. The van der Waals surface area contributed by atoms with Gasteiger partial charge in [0.2, 0.25) is 10.7 Å². The van der Waals surface area contributed by atoms with E-state index >= 15 is 0 Å². The first-order valence-electron chi connectivity index (χ1n) is 11.6. The summed E-state index contributed by atoms with van der Waals surface area (Å²) in [5, 5.41) is 9.80. The van der Waals surface area contributed by atoms with E-state index in [1.54, 1.807) is 0 Å². The lowest BCUT2D eigenvalue weighted by molar-refractivity contribution is -0.145. The summed E-state index contributed by atoms with van der Waals surface area (Å²) in [6.07, 6.45) is 12.6. The lowest BCUT2D eigenvalue weighted by Gasteiger charge is -2.32. The summed E-state index contributed by atoms with van der Waals surface area (Å²) < 4.78 is 31.7. The summed E-state index contributed by atoms with van der Waals surface area (Å²) in [4.78, 5) is 24.2. The second-order valence-corrected chi connectivity index (χ2v) is 10.1. The molecule has 2 atom stereocenters. The molecule has 0 heterocycles. The number of rotatable bonds is 20. The number of carboxylic acid groups (broad SMARTS) is 1. The molecule has 178 valence electrons. The summed E-state index contributed by atoms with van der Waals surface area (Å²) in [7, 11) is -5.03. The average Bonchev–Trinajstić information content (AvgIpc) is 2.65. The van der Waals surface area contributed by atoms with Gasteiger partial charge in [-0.2, -0.15) is 8.42 Å². The van der Waals surface area contributed by atoms with Crippen molar-refractivity contribution in [3.63, 3.8) is 0 Å². The number of hydrogen-bond acceptors (Lipinski definition) is 4. The van der Waals surface area contributed by atoms with E-state index in [0.29, 0.717) is 19.3 Å². The normalized spacial score (nSPS) is 14.9. The van der Waals surface area contributed by atoms with Gasteiger partial charge in [0.25, 0.3) is 10.1 Å². The van der Waals surface area contributed by atoms with Crippen molar-refractivity contribution in [1.82, 2.24) is 0 Å². The molecule has 30 heavy (non-hydrogen) atoms. The van der Waals surface area contributed by atoms with Gasteiger partial charge in [0, 0.05) is 0 Å². The lowest BCUT2D eigenvalue weighted by atomic mass is 9.82. The molecule has 0 aliphatic heterocycles. The van der Waals surface area contributed by atoms with Crippen molar-refractivity contribution in [1.29, 1.82) is 0 Å². The van der Waals surface area contributed by atoms with Gasteiger partial charge in [-0.25, -0.2) is 0 Å². The minimum atomic E-state index is -5.03. The van der Waals surface area contributed by atoms with E-state index in [9.17, 15) is 27.7 Å². The number of hydrogen-bond donors (Lipinski definition) is 3. The summed E-state index contributed by atoms with van der Waals surface area (Å²) in [5.41, 5.74) is 5.44. The van der Waals surface area contributed by atoms with Crippen molar-refractivity contribution in [2.75, 3.05) is 0 Å². The van der Waals surface area contributed by atoms with Gasteiger partial charge in [0.1, 0.15) is 0 Å². The molecule has 0 aromatic rings. The van der Waals surface area contributed by atoms with Crippen LogP contribution < -0.4 is 5.73 Å². The summed E-state index contributed by atoms with van der Waals surface area (Å²) in [6.45, 7) is 4.24. The fourth-order valence-corrected chi connectivity index (χ4v) is 5.32. The third-order valence-corrected chi connectivity index (χ3v) is 7.56. The van der Waals surface area contributed by atoms with Crippen LogP contribution in [-0.4, -0.2) is 34.7 Å². The Labute approximate surface area is 182 Å². The molecule has 0 rings (SSSR count). The van der Waals surface area contributed by atoms with Crippen LogP contribution in [0.5, 0.6) is 0 Å². The summed E-state index contributed by atoms with van der Waals surface area (Å²) in [6, 6.07) is 0. The van der Waals surface area contributed by atoms with Crippen LogP contribution in [0.25, 0.3) is 0 Å². The van der Waals surface area contributed by atoms with Crippen molar-refractivity contribution in [2.24, 2.45) is 11.7 Å². The van der Waals surface area contributed by atoms with Crippen LogP contribution in [0.15, 0.2) is 0 Å². The van der Waals surface area contributed by atoms with Crippen LogP contribution in [0.4, 0.5) is 0 Å². The molecule has 0 spiro atoms. The molecular formula is C22H43NO6S. The minimum absolute atomic E-state index is 0.0462. The van der Waals surface area contributed by atoms with Crippen molar-refractivity contribution in [2.45, 2.75) is 121 Å². The van der Waals surface area contributed by atoms with Crippen LogP contribution >= 0.6 is 0 Å². The number of carboxylic acids is 1. The van der Waals surface area contributed by atoms with Gasteiger partial charge in [-0.1, -0.05) is 104 Å². The zero-order chi connectivity index (χ0) is 23.0. The Kier molecular flexibility index (Phi) is 15.0. The van der Waals surface area contributed by atoms with Crippen molar-refractivity contribution < 1.29 is 27.7 Å². The van der Waals surface area contributed by atoms with E-state index < -0.39 is 32.7 Å². The first-order valence-corrected chi connectivity index (χ1v) is 13.1. The highest BCUT2D eigenvalue weighted by molar-refractivity contribution is 7.88. The van der Waals surface area contributed by atoms with Gasteiger partial charge in [0.15, 0.2) is 0 Å². The highest BCUT2D eigenvalue weighted by Crippen LogP contribution is 2.36. The van der Waals surface area contributed by atoms with Crippen molar-refractivity contribution in [3.8, 4) is 0 Å². The molecule has 1 amide bonds. The lowest BCUT2D eigenvalue weighted by Crippen LogP contribution is -2.56. The molecule has 2 unspecified atom stereocenters. The molecule has 0 bridgehead atoms. The van der Waals surface area contributed by atoms with Gasteiger partial charge in [0.05, 0.1) is 5.92 Å². The van der Waals surface area contributed by atoms with Crippen LogP contribution in [-0.2, 0) is 19.7 Å². The number of nitrogens with two attached hydrogens (primary N) is 1. The van der Waals surface area contributed by atoms with Crippen molar-refractivity contribution in [3.05, 3.63) is 0 Å². The van der Waals surface area contributed by atoms with Gasteiger partial charge in [-0.3, -0.25) is 14.1 Å². The van der Waals surface area contributed by atoms with E-state index in [4.69, 9.17) is 5.73 Å². The zero-order valence-corrected chi connectivity index (χ0v) is 19.7. The quantitative estimate of drug-likeness (QED) is 0.175. The zero-order valence-electron chi connectivity index (χ0n) is 18.9. The van der Waals surface area contributed by atoms with Crippen molar-refractivity contribution >= 4 is 22.0 Å². The maximum absolute atomic E-state index is 12.2. The Morgan fingerprint density at radius 2 is 1.20 bits per heavy atom. The number of carbonyl (C=O) groups excluding carboxylic acids is 1. The fourth-order valence-electron chi connectivity index (χ4n) is 4.10. The predicted molar refractivity (Wildman–Crippen MR) is 120 cm³/mol. The molecule has 8 heteroatoms. The third kappa shape index (κ3) is 9.77. The van der Waals surface area contributed by atoms with Crippen LogP contribution in [0.3, 0.4) is 0 Å². The Morgan fingerprint density at radius 1 is 0.800 bits per heavy atom. The van der Waals surface area contributed by atoms with Crippen LogP contribution in [0.2, 0.25) is 0 Å². The van der Waals surface area contributed by atoms with E-state index in [0.717, 1.165) is 64.2 Å². The first-order chi connectivity index (χ1) is 14.1. The topological polar surface area (TPSA) is 135 Å². The summed E-state index contributed by atoms with van der Waals surface area (Å²) in [5.74, 6) is -4.12. The standard InChI is InChI=1S/C22H43NO6S/c1-3-5-7-9-11-12-14-16-18-22(21(25)26,30(27,28)29)19(20(23)24)17-15-13-10-8-6-4-2/h19H,3-18H2,1-2H3,(H2,23,24)(H,25,26)(H,27,28,29). The third-order valence-electron chi connectivity index (χ3n) is 5.98. The Hall–Kier alpha value is -1.15. The maximum Gasteiger partial charge on any atom is 0.328 e. The average molecular weight is 450 g/mol.